The second kappa shape index (κ2) is 8.71. The van der Waals surface area contributed by atoms with E-state index in [0.29, 0.717) is 32.7 Å². The molecular weight excluding hydrogens is 388 g/mol. The predicted molar refractivity (Wildman–Crippen MR) is 122 cm³/mol. The zero-order chi connectivity index (χ0) is 22.0. The molecule has 3 amide bonds. The Hall–Kier alpha value is -2.86. The summed E-state index contributed by atoms with van der Waals surface area (Å²) in [6.07, 6.45) is 0. The molecule has 2 aliphatic heterocycles. The predicted octanol–water partition coefficient (Wildman–Crippen LogP) is 3.13. The highest BCUT2D eigenvalue weighted by molar-refractivity contribution is 5.94. The number of hydrogen-bond acceptors (Lipinski definition) is 3. The van der Waals surface area contributed by atoms with Crippen molar-refractivity contribution in [3.05, 3.63) is 71.3 Å². The summed E-state index contributed by atoms with van der Waals surface area (Å²) in [5.41, 5.74) is 2.83. The van der Waals surface area contributed by atoms with Crippen LogP contribution in [0, 0.1) is 6.92 Å². The van der Waals surface area contributed by atoms with E-state index in [4.69, 9.17) is 0 Å². The molecule has 0 saturated carbocycles. The van der Waals surface area contributed by atoms with E-state index in [0.717, 1.165) is 23.2 Å². The summed E-state index contributed by atoms with van der Waals surface area (Å²) >= 11 is 0. The van der Waals surface area contributed by atoms with Gasteiger partial charge in [-0.2, -0.15) is 0 Å². The lowest BCUT2D eigenvalue weighted by Crippen LogP contribution is -2.71. The molecule has 2 heterocycles. The molecule has 31 heavy (non-hydrogen) atoms. The van der Waals surface area contributed by atoms with Crippen molar-refractivity contribution in [3.63, 3.8) is 0 Å². The van der Waals surface area contributed by atoms with Gasteiger partial charge in [-0.1, -0.05) is 48.0 Å². The molecule has 6 heteroatoms. The highest BCUT2D eigenvalue weighted by atomic mass is 16.2. The Balaban J connectivity index is 1.42. The van der Waals surface area contributed by atoms with Crippen molar-refractivity contribution in [1.82, 2.24) is 20.0 Å². The highest BCUT2D eigenvalue weighted by Crippen LogP contribution is 2.28. The molecule has 2 fully saturated rings. The van der Waals surface area contributed by atoms with Crippen LogP contribution in [0.4, 0.5) is 4.79 Å². The molecule has 1 N–H and O–H groups in total. The van der Waals surface area contributed by atoms with Crippen LogP contribution in [0.1, 0.15) is 35.3 Å². The molecule has 2 saturated heterocycles. The number of piperazine rings is 2. The molecule has 164 valence electrons. The fourth-order valence-electron chi connectivity index (χ4n) is 4.79. The number of amides is 3. The van der Waals surface area contributed by atoms with E-state index in [9.17, 15) is 9.59 Å². The van der Waals surface area contributed by atoms with Gasteiger partial charge in [-0.05, 0) is 38.5 Å². The molecular formula is C25H32N4O2. The molecule has 2 aliphatic rings. The first-order valence-electron chi connectivity index (χ1n) is 11.0. The van der Waals surface area contributed by atoms with E-state index >= 15 is 0 Å². The SMILES string of the molecule is Cc1ccc(C(=O)N2CCN3C(CN(C(=O)NCc4ccccc4)CC3(C)C)C2)cc1. The van der Waals surface area contributed by atoms with Gasteiger partial charge in [-0.25, -0.2) is 4.79 Å². The third-order valence-corrected chi connectivity index (χ3v) is 6.43. The normalized spacial score (nSPS) is 20.8. The molecule has 0 aliphatic carbocycles. The number of urea groups is 1. The molecule has 0 spiro atoms. The topological polar surface area (TPSA) is 55.9 Å². The van der Waals surface area contributed by atoms with E-state index in [1.54, 1.807) is 0 Å². The lowest BCUT2D eigenvalue weighted by Gasteiger charge is -2.55. The van der Waals surface area contributed by atoms with E-state index in [2.05, 4.69) is 24.1 Å². The Morgan fingerprint density at radius 1 is 0.968 bits per heavy atom. The maximum Gasteiger partial charge on any atom is 0.317 e. The first kappa shape index (κ1) is 21.4. The third-order valence-electron chi connectivity index (χ3n) is 6.43. The van der Waals surface area contributed by atoms with Gasteiger partial charge in [0.15, 0.2) is 0 Å². The third kappa shape index (κ3) is 4.74. The van der Waals surface area contributed by atoms with Crippen LogP contribution in [0.3, 0.4) is 0 Å². The summed E-state index contributed by atoms with van der Waals surface area (Å²) < 4.78 is 0. The first-order chi connectivity index (χ1) is 14.8. The monoisotopic (exact) mass is 420 g/mol. The summed E-state index contributed by atoms with van der Waals surface area (Å²) in [5.74, 6) is 0.0723. The quantitative estimate of drug-likeness (QED) is 0.830. The van der Waals surface area contributed by atoms with Crippen LogP contribution in [-0.4, -0.2) is 70.9 Å². The summed E-state index contributed by atoms with van der Waals surface area (Å²) in [4.78, 5) is 32.3. The van der Waals surface area contributed by atoms with Crippen LogP contribution >= 0.6 is 0 Å². The number of nitrogens with one attached hydrogen (secondary N) is 1. The van der Waals surface area contributed by atoms with Crippen LogP contribution in [0.15, 0.2) is 54.6 Å². The number of benzene rings is 2. The van der Waals surface area contributed by atoms with Crippen molar-refractivity contribution >= 4 is 11.9 Å². The Morgan fingerprint density at radius 3 is 2.35 bits per heavy atom. The van der Waals surface area contributed by atoms with Crippen LogP contribution in [0.2, 0.25) is 0 Å². The average molecular weight is 421 g/mol. The van der Waals surface area contributed by atoms with Crippen molar-refractivity contribution in [2.45, 2.75) is 38.9 Å². The summed E-state index contributed by atoms with van der Waals surface area (Å²) in [7, 11) is 0. The fourth-order valence-corrected chi connectivity index (χ4v) is 4.79. The second-order valence-electron chi connectivity index (χ2n) is 9.30. The lowest BCUT2D eigenvalue weighted by molar-refractivity contribution is -0.0467. The minimum Gasteiger partial charge on any atom is -0.336 e. The Morgan fingerprint density at radius 2 is 1.65 bits per heavy atom. The summed E-state index contributed by atoms with van der Waals surface area (Å²) in [6.45, 7) is 10.4. The van der Waals surface area contributed by atoms with Gasteiger partial charge in [-0.3, -0.25) is 9.69 Å². The molecule has 0 aromatic heterocycles. The summed E-state index contributed by atoms with van der Waals surface area (Å²) in [6, 6.07) is 17.8. The largest absolute Gasteiger partial charge is 0.336 e. The number of rotatable bonds is 3. The van der Waals surface area contributed by atoms with E-state index in [1.165, 1.54) is 0 Å². The second-order valence-corrected chi connectivity index (χ2v) is 9.30. The lowest BCUT2D eigenvalue weighted by atomic mass is 9.92. The van der Waals surface area contributed by atoms with Crippen LogP contribution in [0.25, 0.3) is 0 Å². The average Bonchev–Trinajstić information content (AvgIpc) is 2.77. The minimum atomic E-state index is -0.133. The van der Waals surface area contributed by atoms with Gasteiger partial charge in [-0.15, -0.1) is 0 Å². The summed E-state index contributed by atoms with van der Waals surface area (Å²) in [5, 5.41) is 3.05. The van der Waals surface area contributed by atoms with Crippen molar-refractivity contribution in [2.75, 3.05) is 32.7 Å². The van der Waals surface area contributed by atoms with Crippen molar-refractivity contribution < 1.29 is 9.59 Å². The highest BCUT2D eigenvalue weighted by Gasteiger charge is 2.44. The number of fused-ring (bicyclic) bond motifs is 1. The van der Waals surface area contributed by atoms with Crippen molar-refractivity contribution in [1.29, 1.82) is 0 Å². The zero-order valence-electron chi connectivity index (χ0n) is 18.7. The van der Waals surface area contributed by atoms with Crippen LogP contribution < -0.4 is 5.32 Å². The maximum atomic E-state index is 13.0. The smallest absolute Gasteiger partial charge is 0.317 e. The van der Waals surface area contributed by atoms with E-state index < -0.39 is 0 Å². The molecule has 1 unspecified atom stereocenters. The Bertz CT molecular complexity index is 926. The molecule has 4 rings (SSSR count). The van der Waals surface area contributed by atoms with Crippen molar-refractivity contribution in [2.24, 2.45) is 0 Å². The molecule has 6 nitrogen and oxygen atoms in total. The molecule has 2 aromatic carbocycles. The van der Waals surface area contributed by atoms with Gasteiger partial charge in [0, 0.05) is 56.4 Å². The van der Waals surface area contributed by atoms with E-state index in [1.807, 2.05) is 71.3 Å². The zero-order valence-corrected chi connectivity index (χ0v) is 18.7. The van der Waals surface area contributed by atoms with Crippen LogP contribution in [0.5, 0.6) is 0 Å². The van der Waals surface area contributed by atoms with Gasteiger partial charge < -0.3 is 15.1 Å². The number of carbonyl (C=O) groups excluding carboxylic acids is 2. The molecule has 0 radical (unpaired) electrons. The van der Waals surface area contributed by atoms with Gasteiger partial charge in [0.1, 0.15) is 0 Å². The molecule has 2 aromatic rings. The Kier molecular flexibility index (Phi) is 6.01. The maximum absolute atomic E-state index is 13.0. The Labute approximate surface area is 184 Å². The van der Waals surface area contributed by atoms with Gasteiger partial charge in [0.2, 0.25) is 0 Å². The minimum absolute atomic E-state index is 0.0430. The first-order valence-corrected chi connectivity index (χ1v) is 11.0. The van der Waals surface area contributed by atoms with Gasteiger partial charge in [0.25, 0.3) is 5.91 Å². The van der Waals surface area contributed by atoms with Gasteiger partial charge >= 0.3 is 6.03 Å². The van der Waals surface area contributed by atoms with E-state index in [-0.39, 0.29) is 23.5 Å². The van der Waals surface area contributed by atoms with Crippen molar-refractivity contribution in [3.8, 4) is 0 Å². The number of carbonyl (C=O) groups is 2. The standard InChI is InChI=1S/C25H32N4O2/c1-19-9-11-21(12-10-19)23(30)27-13-14-29-22(16-27)17-28(18-25(29,2)3)24(31)26-15-20-7-5-4-6-8-20/h4-12,22H,13-18H2,1-3H3,(H,26,31). The molecule has 0 bridgehead atoms. The number of nitrogens with zero attached hydrogens (tertiary/aromatic N) is 3. The number of aryl methyl sites for hydroxylation is 1. The fraction of sp³-hybridized carbons (Fsp3) is 0.440. The molecule has 1 atom stereocenters. The number of hydrogen-bond donors (Lipinski definition) is 1. The van der Waals surface area contributed by atoms with Crippen LogP contribution in [-0.2, 0) is 6.54 Å². The van der Waals surface area contributed by atoms with Gasteiger partial charge in [0.05, 0.1) is 0 Å².